The zero-order chi connectivity index (χ0) is 23.6. The number of methoxy groups -OCH3 is 1. The minimum atomic E-state index is -1.90. The van der Waals surface area contributed by atoms with Crippen LogP contribution in [0, 0.1) is 11.8 Å². The van der Waals surface area contributed by atoms with Crippen LogP contribution in [0.3, 0.4) is 0 Å². The van der Waals surface area contributed by atoms with Gasteiger partial charge in [-0.25, -0.2) is 8.78 Å². The number of carbonyl (C=O) groups excluding carboxylic acids is 2. The van der Waals surface area contributed by atoms with Gasteiger partial charge in [0.15, 0.2) is 6.29 Å². The topological polar surface area (TPSA) is 63.6 Å². The number of rotatable bonds is 8. The van der Waals surface area contributed by atoms with Gasteiger partial charge in [0.1, 0.15) is 13.3 Å². The van der Waals surface area contributed by atoms with E-state index in [1.54, 1.807) is 24.3 Å². The monoisotopic (exact) mass is 461 g/mol. The summed E-state index contributed by atoms with van der Waals surface area (Å²) in [5, 5.41) is 3.64. The van der Waals surface area contributed by atoms with Crippen molar-refractivity contribution >= 4 is 28.8 Å². The Balaban J connectivity index is 1.60. The number of benzene rings is 1. The van der Waals surface area contributed by atoms with Gasteiger partial charge in [-0.15, -0.1) is 0 Å². The summed E-state index contributed by atoms with van der Waals surface area (Å²) in [4.78, 5) is 27.1. The molecule has 2 unspecified atom stereocenters. The van der Waals surface area contributed by atoms with Crippen LogP contribution in [-0.2, 0) is 15.3 Å². The molecule has 1 amide bonds. The van der Waals surface area contributed by atoms with E-state index >= 15 is 0 Å². The maximum Gasteiger partial charge on any atom is 0.242 e. The molecule has 1 aliphatic heterocycles. The summed E-state index contributed by atoms with van der Waals surface area (Å²) in [6.45, 7) is -1.34. The van der Waals surface area contributed by atoms with E-state index in [0.717, 1.165) is 13.0 Å². The lowest BCUT2D eigenvalue weighted by atomic mass is 9.76. The van der Waals surface area contributed by atoms with Crippen molar-refractivity contribution in [2.45, 2.75) is 50.3 Å². The molecule has 33 heavy (non-hydrogen) atoms. The Kier molecular flexibility index (Phi) is 7.14. The van der Waals surface area contributed by atoms with Gasteiger partial charge in [-0.1, -0.05) is 32.1 Å². The van der Waals surface area contributed by atoms with E-state index in [4.69, 9.17) is 4.74 Å². The van der Waals surface area contributed by atoms with E-state index in [9.17, 15) is 18.4 Å². The minimum absolute atomic E-state index is 0.0290. The van der Waals surface area contributed by atoms with E-state index in [2.05, 4.69) is 10.2 Å². The van der Waals surface area contributed by atoms with Crippen molar-refractivity contribution in [1.29, 1.82) is 0 Å². The number of hydrogen-bond donors (Lipinski definition) is 1. The Morgan fingerprint density at radius 3 is 2.55 bits per heavy atom. The summed E-state index contributed by atoms with van der Waals surface area (Å²) in [5.41, 5.74) is -0.736. The number of carbonyl (C=O) groups is 2. The fraction of sp³-hybridized carbons (Fsp3) is 0.600. The van der Waals surface area contributed by atoms with E-state index < -0.39 is 19.1 Å². The standard InChI is InChI=1S/C25H33F2N3O3/c1-29-11-10-21(17-6-4-3-5-7-17)23(29)24(32)28-19-8-9-22-18(12-19)13-20(14-31)30(22)25(15-26,16-27)33-2/h8-9,12-14,17,21,23H,3-7,10-11,15-16H2,1-2H3,(H,28,32). The first-order valence-corrected chi connectivity index (χ1v) is 11.8. The average molecular weight is 462 g/mol. The van der Waals surface area contributed by atoms with Crippen molar-refractivity contribution in [1.82, 2.24) is 9.47 Å². The molecule has 2 fully saturated rings. The summed E-state index contributed by atoms with van der Waals surface area (Å²) >= 11 is 0. The Hall–Kier alpha value is -2.32. The molecule has 0 spiro atoms. The van der Waals surface area contributed by atoms with Gasteiger partial charge in [0.2, 0.25) is 11.6 Å². The number of likely N-dealkylation sites (N-methyl/N-ethyl adjacent to an activating group) is 1. The molecule has 6 nitrogen and oxygen atoms in total. The van der Waals surface area contributed by atoms with Crippen LogP contribution in [0.25, 0.3) is 10.9 Å². The second-order valence-corrected chi connectivity index (χ2v) is 9.48. The molecule has 0 radical (unpaired) electrons. The Labute approximate surface area is 193 Å². The number of fused-ring (bicyclic) bond motifs is 1. The maximum atomic E-state index is 13.8. The number of aldehydes is 1. The quantitative estimate of drug-likeness (QED) is 0.587. The highest BCUT2D eigenvalue weighted by Gasteiger charge is 2.41. The second-order valence-electron chi connectivity index (χ2n) is 9.48. The van der Waals surface area contributed by atoms with Crippen LogP contribution in [0.4, 0.5) is 14.5 Å². The molecule has 2 heterocycles. The smallest absolute Gasteiger partial charge is 0.242 e. The molecule has 2 aromatic rings. The van der Waals surface area contributed by atoms with Gasteiger partial charge in [0.25, 0.3) is 0 Å². The van der Waals surface area contributed by atoms with Crippen LogP contribution in [0.1, 0.15) is 49.0 Å². The Morgan fingerprint density at radius 1 is 1.18 bits per heavy atom. The van der Waals surface area contributed by atoms with E-state index in [1.807, 2.05) is 7.05 Å². The molecular formula is C25H33F2N3O3. The molecule has 180 valence electrons. The van der Waals surface area contributed by atoms with Crippen LogP contribution in [0.5, 0.6) is 0 Å². The number of anilines is 1. The number of nitrogens with zero attached hydrogens (tertiary/aromatic N) is 2. The van der Waals surface area contributed by atoms with Crippen molar-refractivity contribution in [2.24, 2.45) is 11.8 Å². The fourth-order valence-corrected chi connectivity index (χ4v) is 5.85. The van der Waals surface area contributed by atoms with Crippen LogP contribution >= 0.6 is 0 Å². The number of likely N-dealkylation sites (tertiary alicyclic amines) is 1. The summed E-state index contributed by atoms with van der Waals surface area (Å²) in [6, 6.07) is 6.49. The van der Waals surface area contributed by atoms with Gasteiger partial charge in [-0.2, -0.15) is 0 Å². The lowest BCUT2D eigenvalue weighted by Gasteiger charge is -2.32. The van der Waals surface area contributed by atoms with E-state index in [0.29, 0.717) is 34.7 Å². The van der Waals surface area contributed by atoms with Crippen molar-refractivity contribution in [2.75, 3.05) is 39.4 Å². The lowest BCUT2D eigenvalue weighted by Crippen LogP contribution is -2.43. The second kappa shape index (κ2) is 9.89. The number of ether oxygens (including phenoxy) is 1. The molecule has 0 bridgehead atoms. The van der Waals surface area contributed by atoms with Crippen LogP contribution in [-0.4, -0.2) is 61.8 Å². The number of alkyl halides is 2. The number of aromatic nitrogens is 1. The third kappa shape index (κ3) is 4.30. The normalized spacial score (nSPS) is 22.7. The zero-order valence-corrected chi connectivity index (χ0v) is 19.4. The SMILES string of the molecule is COC(CF)(CF)n1c(C=O)cc2cc(NC(=O)C3C(C4CCCCC4)CCN3C)ccc21. The van der Waals surface area contributed by atoms with Gasteiger partial charge in [-0.3, -0.25) is 14.5 Å². The van der Waals surface area contributed by atoms with Crippen molar-refractivity contribution < 1.29 is 23.1 Å². The number of nitrogens with one attached hydrogen (secondary N) is 1. The summed E-state index contributed by atoms with van der Waals surface area (Å²) in [5.74, 6) is 0.923. The molecule has 1 saturated heterocycles. The zero-order valence-electron chi connectivity index (χ0n) is 19.4. The Bertz CT molecular complexity index is 990. The van der Waals surface area contributed by atoms with Gasteiger partial charge >= 0.3 is 0 Å². The Morgan fingerprint density at radius 2 is 1.91 bits per heavy atom. The third-order valence-corrected chi connectivity index (χ3v) is 7.64. The fourth-order valence-electron chi connectivity index (χ4n) is 5.85. The molecule has 1 N–H and O–H groups in total. The molecule has 2 aliphatic rings. The van der Waals surface area contributed by atoms with Crippen LogP contribution in [0.2, 0.25) is 0 Å². The number of amides is 1. The van der Waals surface area contributed by atoms with Crippen molar-refractivity contribution in [3.8, 4) is 0 Å². The maximum absolute atomic E-state index is 13.8. The largest absolute Gasteiger partial charge is 0.353 e. The van der Waals surface area contributed by atoms with Gasteiger partial charge in [0.05, 0.1) is 17.3 Å². The summed E-state index contributed by atoms with van der Waals surface area (Å²) in [7, 11) is 3.22. The molecule has 1 saturated carbocycles. The van der Waals surface area contributed by atoms with E-state index in [1.165, 1.54) is 43.8 Å². The van der Waals surface area contributed by atoms with Gasteiger partial charge < -0.3 is 14.6 Å². The highest BCUT2D eigenvalue weighted by molar-refractivity contribution is 5.98. The first kappa shape index (κ1) is 23.8. The number of hydrogen-bond acceptors (Lipinski definition) is 4. The lowest BCUT2D eigenvalue weighted by molar-refractivity contribution is -0.121. The summed E-state index contributed by atoms with van der Waals surface area (Å²) in [6.07, 6.45) is 7.75. The summed E-state index contributed by atoms with van der Waals surface area (Å²) < 4.78 is 34.0. The third-order valence-electron chi connectivity index (χ3n) is 7.64. The molecule has 8 heteroatoms. The highest BCUT2D eigenvalue weighted by Crippen LogP contribution is 2.39. The van der Waals surface area contributed by atoms with E-state index in [-0.39, 0.29) is 17.6 Å². The molecule has 1 aromatic heterocycles. The van der Waals surface area contributed by atoms with Crippen molar-refractivity contribution in [3.63, 3.8) is 0 Å². The van der Waals surface area contributed by atoms with Crippen LogP contribution in [0.15, 0.2) is 24.3 Å². The average Bonchev–Trinajstić information content (AvgIpc) is 3.42. The molecular weight excluding hydrogens is 428 g/mol. The van der Waals surface area contributed by atoms with Crippen LogP contribution < -0.4 is 5.32 Å². The number of halogens is 2. The predicted octanol–water partition coefficient (Wildman–Crippen LogP) is 4.53. The van der Waals surface area contributed by atoms with Gasteiger partial charge in [-0.05, 0) is 56.1 Å². The predicted molar refractivity (Wildman–Crippen MR) is 124 cm³/mol. The molecule has 4 rings (SSSR count). The molecule has 2 atom stereocenters. The first-order valence-electron chi connectivity index (χ1n) is 11.8. The van der Waals surface area contributed by atoms with Crippen molar-refractivity contribution in [3.05, 3.63) is 30.0 Å². The van der Waals surface area contributed by atoms with Gasteiger partial charge in [0, 0.05) is 18.2 Å². The minimum Gasteiger partial charge on any atom is -0.353 e. The highest BCUT2D eigenvalue weighted by atomic mass is 19.1. The molecule has 1 aromatic carbocycles. The molecule has 1 aliphatic carbocycles. The first-order chi connectivity index (χ1) is 16.0.